The number of carbonyl (C=O) groups is 3. The Bertz CT molecular complexity index is 454. The second-order valence-electron chi connectivity index (χ2n) is 7.64. The number of carbonyl (C=O) groups excluding carboxylic acids is 3. The summed E-state index contributed by atoms with van der Waals surface area (Å²) in [6.45, 7) is 8.30. The summed E-state index contributed by atoms with van der Waals surface area (Å²) in [6, 6.07) is 0. The molecule has 0 aliphatic heterocycles. The summed E-state index contributed by atoms with van der Waals surface area (Å²) in [5, 5.41) is 0. The standard InChI is InChI=1S/C18H28O4/c1-10(2)14-6-5-11(3)7-16(14)22-18(21)17-12(4)8-13(19)9-15(17)20/h10-12,14,16-17H,5-9H2,1-4H3/t11-,12+,14?,16?,17-/m1/s1. The summed E-state index contributed by atoms with van der Waals surface area (Å²) in [5.41, 5.74) is 0. The highest BCUT2D eigenvalue weighted by Gasteiger charge is 2.42. The number of ketones is 2. The van der Waals surface area contributed by atoms with Gasteiger partial charge < -0.3 is 4.74 Å². The Labute approximate surface area is 133 Å². The highest BCUT2D eigenvalue weighted by Crippen LogP contribution is 2.36. The zero-order valence-electron chi connectivity index (χ0n) is 14.1. The Morgan fingerprint density at radius 1 is 1.18 bits per heavy atom. The molecule has 2 aliphatic carbocycles. The molecule has 0 amide bonds. The normalized spacial score (nSPS) is 36.5. The summed E-state index contributed by atoms with van der Waals surface area (Å²) in [7, 11) is 0. The van der Waals surface area contributed by atoms with Crippen LogP contribution in [0.3, 0.4) is 0 Å². The van der Waals surface area contributed by atoms with Crippen molar-refractivity contribution in [2.75, 3.05) is 0 Å². The molecule has 124 valence electrons. The molecule has 2 saturated carbocycles. The van der Waals surface area contributed by atoms with Crippen molar-refractivity contribution in [2.24, 2.45) is 29.6 Å². The molecule has 2 rings (SSSR count). The largest absolute Gasteiger partial charge is 0.462 e. The van der Waals surface area contributed by atoms with Crippen LogP contribution in [-0.4, -0.2) is 23.6 Å². The van der Waals surface area contributed by atoms with E-state index in [1.807, 2.05) is 0 Å². The summed E-state index contributed by atoms with van der Waals surface area (Å²) in [6.07, 6.45) is 3.23. The number of esters is 1. The van der Waals surface area contributed by atoms with Crippen molar-refractivity contribution >= 4 is 17.5 Å². The first kappa shape index (κ1) is 17.2. The summed E-state index contributed by atoms with van der Waals surface area (Å²) >= 11 is 0. The van der Waals surface area contributed by atoms with Gasteiger partial charge in [-0.05, 0) is 36.5 Å². The molecule has 0 spiro atoms. The van der Waals surface area contributed by atoms with Crippen LogP contribution in [0.1, 0.15) is 59.8 Å². The van der Waals surface area contributed by atoms with Gasteiger partial charge in [0.2, 0.25) is 0 Å². The fraction of sp³-hybridized carbons (Fsp3) is 0.833. The molecule has 0 saturated heterocycles. The number of rotatable bonds is 3. The van der Waals surface area contributed by atoms with Gasteiger partial charge in [0.25, 0.3) is 0 Å². The molecule has 5 atom stereocenters. The second-order valence-corrected chi connectivity index (χ2v) is 7.64. The van der Waals surface area contributed by atoms with E-state index in [0.29, 0.717) is 24.2 Å². The Morgan fingerprint density at radius 3 is 2.45 bits per heavy atom. The number of hydrogen-bond acceptors (Lipinski definition) is 4. The summed E-state index contributed by atoms with van der Waals surface area (Å²) < 4.78 is 5.78. The summed E-state index contributed by atoms with van der Waals surface area (Å²) in [5.74, 6) is -0.333. The third-order valence-corrected chi connectivity index (χ3v) is 5.32. The highest BCUT2D eigenvalue weighted by atomic mass is 16.5. The van der Waals surface area contributed by atoms with Gasteiger partial charge >= 0.3 is 5.97 Å². The van der Waals surface area contributed by atoms with Crippen LogP contribution in [0.25, 0.3) is 0 Å². The lowest BCUT2D eigenvalue weighted by atomic mass is 9.75. The predicted molar refractivity (Wildman–Crippen MR) is 83.1 cm³/mol. The maximum atomic E-state index is 12.5. The molecule has 4 heteroatoms. The molecular formula is C18H28O4. The molecule has 22 heavy (non-hydrogen) atoms. The molecule has 4 nitrogen and oxygen atoms in total. The van der Waals surface area contributed by atoms with E-state index in [1.54, 1.807) is 6.92 Å². The number of Topliss-reactive ketones (excluding diaryl/α,β-unsaturated/α-hetero) is 2. The van der Waals surface area contributed by atoms with Crippen LogP contribution in [0, 0.1) is 29.6 Å². The van der Waals surface area contributed by atoms with Crippen LogP contribution < -0.4 is 0 Å². The fourth-order valence-corrected chi connectivity index (χ4v) is 4.01. The zero-order valence-corrected chi connectivity index (χ0v) is 14.1. The van der Waals surface area contributed by atoms with E-state index in [9.17, 15) is 14.4 Å². The quantitative estimate of drug-likeness (QED) is 0.593. The maximum absolute atomic E-state index is 12.5. The molecule has 0 aromatic carbocycles. The van der Waals surface area contributed by atoms with Gasteiger partial charge in [-0.3, -0.25) is 14.4 Å². The molecule has 2 aliphatic rings. The van der Waals surface area contributed by atoms with Crippen LogP contribution in [0.5, 0.6) is 0 Å². The summed E-state index contributed by atoms with van der Waals surface area (Å²) in [4.78, 5) is 36.0. The van der Waals surface area contributed by atoms with Crippen LogP contribution in [0.2, 0.25) is 0 Å². The van der Waals surface area contributed by atoms with Crippen molar-refractivity contribution in [3.05, 3.63) is 0 Å². The minimum Gasteiger partial charge on any atom is -0.462 e. The Hall–Kier alpha value is -1.19. The number of hydrogen-bond donors (Lipinski definition) is 0. The minimum absolute atomic E-state index is 0.0621. The topological polar surface area (TPSA) is 60.4 Å². The first-order chi connectivity index (χ1) is 10.3. The van der Waals surface area contributed by atoms with Gasteiger partial charge in [-0.25, -0.2) is 0 Å². The van der Waals surface area contributed by atoms with Crippen molar-refractivity contribution < 1.29 is 19.1 Å². The fourth-order valence-electron chi connectivity index (χ4n) is 4.01. The van der Waals surface area contributed by atoms with Crippen LogP contribution in [0.4, 0.5) is 0 Å². The van der Waals surface area contributed by atoms with Crippen LogP contribution in [0.15, 0.2) is 0 Å². The van der Waals surface area contributed by atoms with Gasteiger partial charge in [-0.1, -0.05) is 34.1 Å². The third-order valence-electron chi connectivity index (χ3n) is 5.32. The Balaban J connectivity index is 2.05. The van der Waals surface area contributed by atoms with E-state index in [2.05, 4.69) is 20.8 Å². The molecule has 0 aromatic rings. The van der Waals surface area contributed by atoms with Crippen molar-refractivity contribution in [3.63, 3.8) is 0 Å². The van der Waals surface area contributed by atoms with E-state index >= 15 is 0 Å². The lowest BCUT2D eigenvalue weighted by Crippen LogP contribution is -2.42. The molecule has 0 bridgehead atoms. The molecule has 2 fully saturated rings. The first-order valence-electron chi connectivity index (χ1n) is 8.54. The van der Waals surface area contributed by atoms with Crippen molar-refractivity contribution in [1.29, 1.82) is 0 Å². The Kier molecular flexibility index (Phi) is 5.41. The smallest absolute Gasteiger partial charge is 0.317 e. The SMILES string of the molecule is CC(C)C1CC[C@@H](C)CC1OC(=O)[C@H]1C(=O)CC(=O)C[C@@H]1C. The van der Waals surface area contributed by atoms with Crippen molar-refractivity contribution in [1.82, 2.24) is 0 Å². The van der Waals surface area contributed by atoms with E-state index in [0.717, 1.165) is 12.8 Å². The first-order valence-corrected chi connectivity index (χ1v) is 8.54. The minimum atomic E-state index is -0.747. The van der Waals surface area contributed by atoms with Crippen molar-refractivity contribution in [3.8, 4) is 0 Å². The molecule has 0 radical (unpaired) electrons. The average molecular weight is 308 g/mol. The highest BCUT2D eigenvalue weighted by molar-refractivity contribution is 6.10. The lowest BCUT2D eigenvalue weighted by molar-refractivity contribution is -0.166. The zero-order chi connectivity index (χ0) is 16.4. The second kappa shape index (κ2) is 6.93. The Morgan fingerprint density at radius 2 is 1.86 bits per heavy atom. The van der Waals surface area contributed by atoms with E-state index < -0.39 is 11.9 Å². The van der Waals surface area contributed by atoms with E-state index in [-0.39, 0.29) is 30.0 Å². The van der Waals surface area contributed by atoms with Gasteiger partial charge in [-0.15, -0.1) is 0 Å². The monoisotopic (exact) mass is 308 g/mol. The van der Waals surface area contributed by atoms with E-state index in [4.69, 9.17) is 4.74 Å². The predicted octanol–water partition coefficient (Wildman–Crippen LogP) is 3.17. The van der Waals surface area contributed by atoms with Gasteiger partial charge in [0, 0.05) is 6.42 Å². The third kappa shape index (κ3) is 3.76. The van der Waals surface area contributed by atoms with Gasteiger partial charge in [-0.2, -0.15) is 0 Å². The van der Waals surface area contributed by atoms with Crippen LogP contribution in [-0.2, 0) is 19.1 Å². The van der Waals surface area contributed by atoms with E-state index in [1.165, 1.54) is 6.42 Å². The number of ether oxygens (including phenoxy) is 1. The molecule has 0 heterocycles. The molecular weight excluding hydrogens is 280 g/mol. The van der Waals surface area contributed by atoms with Crippen molar-refractivity contribution in [2.45, 2.75) is 65.9 Å². The van der Waals surface area contributed by atoms with Gasteiger partial charge in [0.1, 0.15) is 17.8 Å². The molecule has 0 aromatic heterocycles. The van der Waals surface area contributed by atoms with Crippen LogP contribution >= 0.6 is 0 Å². The van der Waals surface area contributed by atoms with Gasteiger partial charge in [0.05, 0.1) is 6.42 Å². The maximum Gasteiger partial charge on any atom is 0.317 e. The molecule has 0 N–H and O–H groups in total. The lowest BCUT2D eigenvalue weighted by Gasteiger charge is -2.38. The molecule has 2 unspecified atom stereocenters. The average Bonchev–Trinajstić information content (AvgIpc) is 2.36. The van der Waals surface area contributed by atoms with Gasteiger partial charge in [0.15, 0.2) is 5.78 Å².